The van der Waals surface area contributed by atoms with Crippen molar-refractivity contribution in [2.45, 2.75) is 6.42 Å². The second-order valence-corrected chi connectivity index (χ2v) is 6.73. The molecule has 4 atom stereocenters. The Morgan fingerprint density at radius 3 is 2.13 bits per heavy atom. The van der Waals surface area contributed by atoms with Crippen LogP contribution in [-0.4, -0.2) is 11.8 Å². The van der Waals surface area contributed by atoms with Crippen molar-refractivity contribution in [1.82, 2.24) is 0 Å². The van der Waals surface area contributed by atoms with Crippen molar-refractivity contribution in [2.24, 2.45) is 23.7 Å². The average molecular weight is 304 g/mol. The van der Waals surface area contributed by atoms with Gasteiger partial charge in [-0.25, -0.2) is 4.90 Å². The molecule has 114 valence electrons. The molecule has 2 aliphatic carbocycles. The Labute approximate surface area is 133 Å². The summed E-state index contributed by atoms with van der Waals surface area (Å²) < 4.78 is 0. The van der Waals surface area contributed by atoms with Crippen LogP contribution in [0, 0.1) is 23.7 Å². The molecule has 4 nitrogen and oxygen atoms in total. The third-order valence-corrected chi connectivity index (χ3v) is 5.65. The summed E-state index contributed by atoms with van der Waals surface area (Å²) in [5.41, 5.74) is 7.36. The summed E-state index contributed by atoms with van der Waals surface area (Å²) >= 11 is 0. The zero-order valence-corrected chi connectivity index (χ0v) is 12.5. The van der Waals surface area contributed by atoms with Gasteiger partial charge in [-0.3, -0.25) is 9.59 Å². The number of carbonyl (C=O) groups is 2. The quantitative estimate of drug-likeness (QED) is 0.500. The molecule has 2 aromatic rings. The monoisotopic (exact) mass is 304 g/mol. The number of nitrogens with zero attached hydrogens (tertiary/aromatic N) is 1. The van der Waals surface area contributed by atoms with E-state index < -0.39 is 0 Å². The lowest BCUT2D eigenvalue weighted by molar-refractivity contribution is -0.123. The van der Waals surface area contributed by atoms with Crippen molar-refractivity contribution in [3.05, 3.63) is 48.6 Å². The number of amides is 2. The summed E-state index contributed by atoms with van der Waals surface area (Å²) in [6.07, 6.45) is 5.17. The zero-order valence-electron chi connectivity index (χ0n) is 12.5. The van der Waals surface area contributed by atoms with Gasteiger partial charge in [-0.2, -0.15) is 0 Å². The number of nitrogen functional groups attached to an aromatic ring is 1. The topological polar surface area (TPSA) is 63.4 Å². The second kappa shape index (κ2) is 4.22. The summed E-state index contributed by atoms with van der Waals surface area (Å²) in [7, 11) is 0. The highest BCUT2D eigenvalue weighted by Gasteiger charge is 2.59. The number of fused-ring (bicyclic) bond motifs is 6. The van der Waals surface area contributed by atoms with E-state index in [9.17, 15) is 9.59 Å². The number of hydrogen-bond donors (Lipinski definition) is 1. The number of hydrogen-bond acceptors (Lipinski definition) is 3. The van der Waals surface area contributed by atoms with Crippen molar-refractivity contribution < 1.29 is 9.59 Å². The van der Waals surface area contributed by atoms with Gasteiger partial charge in [-0.1, -0.05) is 36.4 Å². The number of allylic oxidation sites excluding steroid dienone is 2. The molecule has 2 N–H and O–H groups in total. The molecule has 2 fully saturated rings. The van der Waals surface area contributed by atoms with E-state index in [0.29, 0.717) is 11.4 Å². The van der Waals surface area contributed by atoms with E-state index in [0.717, 1.165) is 17.2 Å². The number of carbonyl (C=O) groups excluding carboxylic acids is 2. The highest BCUT2D eigenvalue weighted by Crippen LogP contribution is 2.53. The maximum absolute atomic E-state index is 13.0. The molecule has 0 spiro atoms. The summed E-state index contributed by atoms with van der Waals surface area (Å²) in [6.45, 7) is 0. The Morgan fingerprint density at radius 2 is 1.48 bits per heavy atom. The highest BCUT2D eigenvalue weighted by atomic mass is 16.2. The maximum atomic E-state index is 13.0. The van der Waals surface area contributed by atoms with Crippen LogP contribution in [0.1, 0.15) is 6.42 Å². The lowest BCUT2D eigenvalue weighted by Crippen LogP contribution is -2.33. The predicted molar refractivity (Wildman–Crippen MR) is 88.6 cm³/mol. The molecule has 0 aromatic heterocycles. The first-order valence-electron chi connectivity index (χ1n) is 8.00. The summed E-state index contributed by atoms with van der Waals surface area (Å²) in [5.74, 6) is 0.0131. The molecular weight excluding hydrogens is 288 g/mol. The van der Waals surface area contributed by atoms with Crippen LogP contribution in [0.3, 0.4) is 0 Å². The first-order chi connectivity index (χ1) is 11.2. The van der Waals surface area contributed by atoms with Gasteiger partial charge < -0.3 is 5.73 Å². The molecule has 1 aliphatic heterocycles. The third kappa shape index (κ3) is 1.50. The Hall–Kier alpha value is -2.62. The molecule has 23 heavy (non-hydrogen) atoms. The minimum absolute atomic E-state index is 0.0493. The number of benzene rings is 2. The average Bonchev–Trinajstić information content (AvgIpc) is 3.24. The summed E-state index contributed by atoms with van der Waals surface area (Å²) in [4.78, 5) is 27.3. The molecule has 2 bridgehead atoms. The largest absolute Gasteiger partial charge is 0.398 e. The molecule has 0 unspecified atom stereocenters. The van der Waals surface area contributed by atoms with Gasteiger partial charge >= 0.3 is 0 Å². The van der Waals surface area contributed by atoms with Crippen LogP contribution in [0.15, 0.2) is 48.6 Å². The van der Waals surface area contributed by atoms with Crippen molar-refractivity contribution >= 4 is 34.0 Å². The van der Waals surface area contributed by atoms with Crippen LogP contribution in [-0.2, 0) is 9.59 Å². The van der Waals surface area contributed by atoms with Crippen molar-refractivity contribution in [1.29, 1.82) is 0 Å². The van der Waals surface area contributed by atoms with E-state index in [1.807, 2.05) is 24.3 Å². The third-order valence-electron chi connectivity index (χ3n) is 5.65. The van der Waals surface area contributed by atoms with Gasteiger partial charge in [-0.05, 0) is 30.4 Å². The van der Waals surface area contributed by atoms with Crippen LogP contribution >= 0.6 is 0 Å². The maximum Gasteiger partial charge on any atom is 0.238 e. The first-order valence-corrected chi connectivity index (χ1v) is 8.00. The van der Waals surface area contributed by atoms with Crippen LogP contribution in [0.25, 0.3) is 10.8 Å². The fourth-order valence-corrected chi connectivity index (χ4v) is 4.64. The van der Waals surface area contributed by atoms with E-state index in [1.54, 1.807) is 12.1 Å². The molecule has 4 heteroatoms. The molecule has 3 aliphatic rings. The fraction of sp³-hybridized carbons (Fsp3) is 0.263. The van der Waals surface area contributed by atoms with Crippen molar-refractivity contribution in [3.8, 4) is 0 Å². The van der Waals surface area contributed by atoms with Gasteiger partial charge in [0.05, 0.1) is 17.5 Å². The minimum Gasteiger partial charge on any atom is -0.398 e. The Balaban J connectivity index is 1.68. The standard InChI is InChI=1S/C19H16N2O2/c20-14-7-8-15(13-4-2-1-3-12(13)14)21-18(22)16-10-5-6-11(9-10)17(16)19(21)23/h1-8,10-11,16-17H,9,20H2/t10-,11+,16-,17+. The molecule has 1 saturated heterocycles. The lowest BCUT2D eigenvalue weighted by atomic mass is 9.85. The van der Waals surface area contributed by atoms with Crippen molar-refractivity contribution in [3.63, 3.8) is 0 Å². The number of rotatable bonds is 1. The van der Waals surface area contributed by atoms with E-state index >= 15 is 0 Å². The van der Waals surface area contributed by atoms with Crippen LogP contribution in [0.2, 0.25) is 0 Å². The molecule has 0 radical (unpaired) electrons. The summed E-state index contributed by atoms with van der Waals surface area (Å²) in [6, 6.07) is 11.2. The number of anilines is 2. The molecule has 2 aromatic carbocycles. The predicted octanol–water partition coefficient (Wildman–Crippen LogP) is 2.73. The highest BCUT2D eigenvalue weighted by molar-refractivity contribution is 6.26. The Kier molecular flexibility index (Phi) is 2.36. The second-order valence-electron chi connectivity index (χ2n) is 6.73. The zero-order chi connectivity index (χ0) is 15.7. The van der Waals surface area contributed by atoms with Gasteiger partial charge in [0.15, 0.2) is 0 Å². The van der Waals surface area contributed by atoms with Crippen LogP contribution in [0.5, 0.6) is 0 Å². The molecule has 1 heterocycles. The van der Waals surface area contributed by atoms with Crippen LogP contribution < -0.4 is 10.6 Å². The minimum atomic E-state index is -0.172. The molecule has 2 amide bonds. The van der Waals surface area contributed by atoms with Crippen LogP contribution in [0.4, 0.5) is 11.4 Å². The van der Waals surface area contributed by atoms with Crippen molar-refractivity contribution in [2.75, 3.05) is 10.6 Å². The van der Waals surface area contributed by atoms with E-state index in [2.05, 4.69) is 12.2 Å². The fourth-order valence-electron chi connectivity index (χ4n) is 4.64. The Bertz CT molecular complexity index is 871. The summed E-state index contributed by atoms with van der Waals surface area (Å²) in [5, 5.41) is 1.73. The number of nitrogens with two attached hydrogens (primary N) is 1. The van der Waals surface area contributed by atoms with Gasteiger partial charge in [0.1, 0.15) is 0 Å². The van der Waals surface area contributed by atoms with Gasteiger partial charge in [0, 0.05) is 16.5 Å². The van der Waals surface area contributed by atoms with E-state index in [1.165, 1.54) is 4.90 Å². The van der Waals surface area contributed by atoms with E-state index in [4.69, 9.17) is 5.73 Å². The molecule has 5 rings (SSSR count). The molecular formula is C19H16N2O2. The SMILES string of the molecule is Nc1ccc(N2C(=O)[C@@H]3[C@H](C2=O)[C@@H]2C=C[C@H]3C2)c2ccccc12. The van der Waals surface area contributed by atoms with Gasteiger partial charge in [0.2, 0.25) is 11.8 Å². The smallest absolute Gasteiger partial charge is 0.238 e. The lowest BCUT2D eigenvalue weighted by Gasteiger charge is -2.20. The molecule has 1 saturated carbocycles. The van der Waals surface area contributed by atoms with Gasteiger partial charge in [-0.15, -0.1) is 0 Å². The normalized spacial score (nSPS) is 31.4. The number of imide groups is 1. The first kappa shape index (κ1) is 12.9. The Morgan fingerprint density at radius 1 is 0.870 bits per heavy atom. The van der Waals surface area contributed by atoms with E-state index in [-0.39, 0.29) is 35.5 Å². The van der Waals surface area contributed by atoms with Gasteiger partial charge in [0.25, 0.3) is 0 Å².